The zero-order valence-electron chi connectivity index (χ0n) is 11.1. The fourth-order valence-electron chi connectivity index (χ4n) is 5.58. The van der Waals surface area contributed by atoms with Gasteiger partial charge in [-0.15, -0.1) is 0 Å². The summed E-state index contributed by atoms with van der Waals surface area (Å²) in [7, 11) is 0. The van der Waals surface area contributed by atoms with Crippen LogP contribution in [0.3, 0.4) is 0 Å². The average molecular weight is 248 g/mol. The summed E-state index contributed by atoms with van der Waals surface area (Å²) in [5, 5.41) is 10.8. The maximum absolute atomic E-state index is 10.8. The van der Waals surface area contributed by atoms with Crippen LogP contribution in [-0.2, 0) is 4.74 Å². The van der Waals surface area contributed by atoms with E-state index in [1.165, 1.54) is 38.5 Å². The standard InChI is InChI=1S/C16H24O2/c17-15(14-3-1-2-4-18-14)16-8-11-5-12(9-16)7-13(6-11)10-16/h3,11-13,15,17H,1-2,4-10H2. The molecule has 4 fully saturated rings. The Balaban J connectivity index is 1.61. The van der Waals surface area contributed by atoms with Crippen molar-refractivity contribution in [3.8, 4) is 0 Å². The summed E-state index contributed by atoms with van der Waals surface area (Å²) in [6.07, 6.45) is 12.1. The molecule has 0 aromatic rings. The monoisotopic (exact) mass is 248 g/mol. The average Bonchev–Trinajstić information content (AvgIpc) is 2.37. The molecule has 1 aliphatic heterocycles. The Morgan fingerprint density at radius 1 is 1.11 bits per heavy atom. The highest BCUT2D eigenvalue weighted by atomic mass is 16.5. The molecule has 0 saturated heterocycles. The number of hydrogen-bond acceptors (Lipinski definition) is 2. The molecule has 5 rings (SSSR count). The van der Waals surface area contributed by atoms with Crippen LogP contribution in [0.1, 0.15) is 51.4 Å². The van der Waals surface area contributed by atoms with E-state index in [4.69, 9.17) is 4.74 Å². The Morgan fingerprint density at radius 2 is 1.72 bits per heavy atom. The molecule has 0 aromatic heterocycles. The van der Waals surface area contributed by atoms with Crippen molar-refractivity contribution in [3.05, 3.63) is 11.8 Å². The zero-order chi connectivity index (χ0) is 12.2. The summed E-state index contributed by atoms with van der Waals surface area (Å²) >= 11 is 0. The van der Waals surface area contributed by atoms with Gasteiger partial charge in [-0.1, -0.05) is 0 Å². The second-order valence-corrected chi connectivity index (χ2v) is 7.28. The van der Waals surface area contributed by atoms with Crippen molar-refractivity contribution in [2.75, 3.05) is 6.61 Å². The van der Waals surface area contributed by atoms with E-state index in [9.17, 15) is 5.11 Å². The lowest BCUT2D eigenvalue weighted by atomic mass is 9.48. The van der Waals surface area contributed by atoms with Crippen LogP contribution < -0.4 is 0 Å². The molecule has 18 heavy (non-hydrogen) atoms. The molecule has 4 bridgehead atoms. The smallest absolute Gasteiger partial charge is 0.121 e. The fourth-order valence-corrected chi connectivity index (χ4v) is 5.58. The number of aliphatic hydroxyl groups is 1. The maximum Gasteiger partial charge on any atom is 0.121 e. The highest BCUT2D eigenvalue weighted by molar-refractivity contribution is 5.14. The predicted octanol–water partition coefficient (Wildman–Crippen LogP) is 3.26. The first-order valence-electron chi connectivity index (χ1n) is 7.76. The molecule has 0 radical (unpaired) electrons. The number of ether oxygens (including phenoxy) is 1. The van der Waals surface area contributed by atoms with E-state index in [0.29, 0.717) is 0 Å². The van der Waals surface area contributed by atoms with Crippen LogP contribution in [0.4, 0.5) is 0 Å². The SMILES string of the molecule is OC(C1=CCCCO1)C12CC3CC(CC(C3)C1)C2. The van der Waals surface area contributed by atoms with Crippen molar-refractivity contribution in [1.82, 2.24) is 0 Å². The van der Waals surface area contributed by atoms with Crippen molar-refractivity contribution in [3.63, 3.8) is 0 Å². The molecule has 0 amide bonds. The topological polar surface area (TPSA) is 29.5 Å². The van der Waals surface area contributed by atoms with Gasteiger partial charge in [-0.3, -0.25) is 0 Å². The zero-order valence-corrected chi connectivity index (χ0v) is 11.1. The Labute approximate surface area is 109 Å². The van der Waals surface area contributed by atoms with Gasteiger partial charge in [-0.25, -0.2) is 0 Å². The van der Waals surface area contributed by atoms with Crippen LogP contribution in [0, 0.1) is 23.2 Å². The van der Waals surface area contributed by atoms with E-state index in [1.54, 1.807) is 0 Å². The Kier molecular flexibility index (Phi) is 2.52. The van der Waals surface area contributed by atoms with Crippen molar-refractivity contribution < 1.29 is 9.84 Å². The van der Waals surface area contributed by atoms with Crippen LogP contribution in [0.25, 0.3) is 0 Å². The van der Waals surface area contributed by atoms with Crippen molar-refractivity contribution >= 4 is 0 Å². The van der Waals surface area contributed by atoms with Gasteiger partial charge < -0.3 is 9.84 Å². The molecular weight excluding hydrogens is 224 g/mol. The van der Waals surface area contributed by atoms with Gasteiger partial charge in [0, 0.05) is 5.41 Å². The fraction of sp³-hybridized carbons (Fsp3) is 0.875. The molecule has 1 atom stereocenters. The molecule has 100 valence electrons. The summed E-state index contributed by atoms with van der Waals surface area (Å²) in [5.74, 6) is 3.60. The van der Waals surface area contributed by atoms with Gasteiger partial charge >= 0.3 is 0 Å². The van der Waals surface area contributed by atoms with Crippen LogP contribution in [0.15, 0.2) is 11.8 Å². The quantitative estimate of drug-likeness (QED) is 0.813. The summed E-state index contributed by atoms with van der Waals surface area (Å²) in [5.41, 5.74) is 0.178. The normalized spacial score (nSPS) is 47.6. The first-order valence-corrected chi connectivity index (χ1v) is 7.76. The summed E-state index contributed by atoms with van der Waals surface area (Å²) in [4.78, 5) is 0. The van der Waals surface area contributed by atoms with Crippen LogP contribution in [-0.4, -0.2) is 17.8 Å². The van der Waals surface area contributed by atoms with Gasteiger partial charge in [0.15, 0.2) is 0 Å². The number of aliphatic hydroxyl groups excluding tert-OH is 1. The predicted molar refractivity (Wildman–Crippen MR) is 69.9 cm³/mol. The molecule has 1 heterocycles. The minimum Gasteiger partial charge on any atom is -0.495 e. The Bertz CT molecular complexity index is 336. The summed E-state index contributed by atoms with van der Waals surface area (Å²) in [6.45, 7) is 0.801. The Morgan fingerprint density at radius 3 is 2.22 bits per heavy atom. The maximum atomic E-state index is 10.8. The molecule has 0 spiro atoms. The molecule has 1 unspecified atom stereocenters. The number of rotatable bonds is 2. The first kappa shape index (κ1) is 11.3. The number of allylic oxidation sites excluding steroid dienone is 1. The van der Waals surface area contributed by atoms with Gasteiger partial charge in [0.1, 0.15) is 11.9 Å². The molecule has 4 saturated carbocycles. The van der Waals surface area contributed by atoms with Crippen molar-refractivity contribution in [2.45, 2.75) is 57.5 Å². The largest absolute Gasteiger partial charge is 0.495 e. The minimum absolute atomic E-state index is 0.178. The van der Waals surface area contributed by atoms with E-state index >= 15 is 0 Å². The second-order valence-electron chi connectivity index (χ2n) is 7.28. The lowest BCUT2D eigenvalue weighted by molar-refractivity contribution is -0.122. The summed E-state index contributed by atoms with van der Waals surface area (Å²) < 4.78 is 5.74. The molecule has 5 aliphatic rings. The van der Waals surface area contributed by atoms with Gasteiger partial charge in [0.25, 0.3) is 0 Å². The van der Waals surface area contributed by atoms with Gasteiger partial charge in [0.05, 0.1) is 6.61 Å². The van der Waals surface area contributed by atoms with Gasteiger partial charge in [-0.05, 0) is 75.2 Å². The molecule has 1 N–H and O–H groups in total. The summed E-state index contributed by atoms with van der Waals surface area (Å²) in [6, 6.07) is 0. The Hall–Kier alpha value is -0.500. The van der Waals surface area contributed by atoms with Crippen LogP contribution in [0.2, 0.25) is 0 Å². The van der Waals surface area contributed by atoms with Gasteiger partial charge in [0.2, 0.25) is 0 Å². The van der Waals surface area contributed by atoms with Crippen LogP contribution in [0.5, 0.6) is 0 Å². The van der Waals surface area contributed by atoms with Gasteiger partial charge in [-0.2, -0.15) is 0 Å². The van der Waals surface area contributed by atoms with E-state index in [-0.39, 0.29) is 11.5 Å². The lowest BCUT2D eigenvalue weighted by Gasteiger charge is -2.58. The molecule has 2 heteroatoms. The third kappa shape index (κ3) is 1.65. The molecular formula is C16H24O2. The third-order valence-electron chi connectivity index (χ3n) is 5.90. The van der Waals surface area contributed by atoms with E-state index in [2.05, 4.69) is 6.08 Å². The first-order chi connectivity index (χ1) is 8.75. The second kappa shape index (κ2) is 4.00. The van der Waals surface area contributed by atoms with Crippen LogP contribution >= 0.6 is 0 Å². The minimum atomic E-state index is -0.314. The van der Waals surface area contributed by atoms with Crippen molar-refractivity contribution in [1.29, 1.82) is 0 Å². The van der Waals surface area contributed by atoms with Crippen molar-refractivity contribution in [2.24, 2.45) is 23.2 Å². The lowest BCUT2D eigenvalue weighted by Crippen LogP contribution is -2.52. The highest BCUT2D eigenvalue weighted by Crippen LogP contribution is 2.62. The highest BCUT2D eigenvalue weighted by Gasteiger charge is 2.55. The molecule has 2 nitrogen and oxygen atoms in total. The van der Waals surface area contributed by atoms with E-state index in [0.717, 1.165) is 43.0 Å². The molecule has 0 aromatic carbocycles. The van der Waals surface area contributed by atoms with E-state index < -0.39 is 0 Å². The number of hydrogen-bond donors (Lipinski definition) is 1. The molecule has 4 aliphatic carbocycles. The third-order valence-corrected chi connectivity index (χ3v) is 5.90. The van der Waals surface area contributed by atoms with E-state index in [1.807, 2.05) is 0 Å².